The molecule has 0 amide bonds. The van der Waals surface area contributed by atoms with Gasteiger partial charge >= 0.3 is 0 Å². The highest BCUT2D eigenvalue weighted by atomic mass is 79.9. The number of nitro benzene ring substituents is 1. The van der Waals surface area contributed by atoms with E-state index in [0.29, 0.717) is 16.1 Å². The van der Waals surface area contributed by atoms with Crippen LogP contribution in [0, 0.1) is 17.0 Å². The summed E-state index contributed by atoms with van der Waals surface area (Å²) in [5, 5.41) is 10.8. The molecule has 1 aromatic carbocycles. The molecule has 0 atom stereocenters. The Labute approximate surface area is 123 Å². The first-order valence-electron chi connectivity index (χ1n) is 5.63. The van der Waals surface area contributed by atoms with Crippen LogP contribution in [-0.4, -0.2) is 17.0 Å². The monoisotopic (exact) mass is 338 g/mol. The van der Waals surface area contributed by atoms with Gasteiger partial charge in [0, 0.05) is 12.3 Å². The van der Waals surface area contributed by atoms with Crippen molar-refractivity contribution in [3.63, 3.8) is 0 Å². The van der Waals surface area contributed by atoms with Crippen LogP contribution in [0.25, 0.3) is 0 Å². The number of benzene rings is 1. The smallest absolute Gasteiger partial charge is 0.273 e. The van der Waals surface area contributed by atoms with Crippen molar-refractivity contribution < 1.29 is 14.4 Å². The fourth-order valence-corrected chi connectivity index (χ4v) is 2.10. The lowest BCUT2D eigenvalue weighted by Crippen LogP contribution is -1.95. The quantitative estimate of drug-likeness (QED) is 0.625. The van der Waals surface area contributed by atoms with Crippen LogP contribution in [0.15, 0.2) is 34.9 Å². The Hall–Kier alpha value is -2.15. The molecular formula is C13H11BrN2O4. The molecular weight excluding hydrogens is 328 g/mol. The summed E-state index contributed by atoms with van der Waals surface area (Å²) in [6.45, 7) is 1.90. The molecule has 0 fully saturated rings. The number of hydrogen-bond donors (Lipinski definition) is 0. The Morgan fingerprint density at radius 1 is 1.30 bits per heavy atom. The van der Waals surface area contributed by atoms with Gasteiger partial charge < -0.3 is 9.47 Å². The second kappa shape index (κ2) is 5.87. The van der Waals surface area contributed by atoms with Gasteiger partial charge in [-0.15, -0.1) is 0 Å². The zero-order chi connectivity index (χ0) is 14.7. The Balaban J connectivity index is 2.40. The molecule has 0 N–H and O–H groups in total. The second-order valence-electron chi connectivity index (χ2n) is 3.99. The van der Waals surface area contributed by atoms with Crippen LogP contribution in [0.1, 0.15) is 5.56 Å². The highest BCUT2D eigenvalue weighted by Crippen LogP contribution is 2.36. The maximum atomic E-state index is 10.8. The molecule has 0 radical (unpaired) electrons. The summed E-state index contributed by atoms with van der Waals surface area (Å²) in [5.74, 6) is 0.943. The number of ether oxygens (including phenoxy) is 2. The Kier molecular flexibility index (Phi) is 4.19. The summed E-state index contributed by atoms with van der Waals surface area (Å²) in [7, 11) is 1.46. The molecule has 104 valence electrons. The number of rotatable bonds is 4. The molecule has 0 spiro atoms. The third-order valence-electron chi connectivity index (χ3n) is 2.51. The fourth-order valence-electron chi connectivity index (χ4n) is 1.56. The molecule has 0 aliphatic rings. The van der Waals surface area contributed by atoms with Crippen LogP contribution in [0.5, 0.6) is 17.4 Å². The number of halogens is 1. The maximum Gasteiger partial charge on any atom is 0.273 e. The Bertz CT molecular complexity index is 661. The van der Waals surface area contributed by atoms with Crippen LogP contribution in [0.4, 0.5) is 5.69 Å². The topological polar surface area (TPSA) is 74.5 Å². The third-order valence-corrected chi connectivity index (χ3v) is 3.08. The van der Waals surface area contributed by atoms with Gasteiger partial charge in [0.2, 0.25) is 5.88 Å². The lowest BCUT2D eigenvalue weighted by Gasteiger charge is -2.10. The summed E-state index contributed by atoms with van der Waals surface area (Å²) >= 11 is 3.34. The summed E-state index contributed by atoms with van der Waals surface area (Å²) in [6, 6.07) is 5.97. The SMILES string of the molecule is COc1ccc([N+](=O)[O-])cc1Oc1ncc(C)cc1Br. The van der Waals surface area contributed by atoms with E-state index in [1.54, 1.807) is 6.20 Å². The minimum absolute atomic E-state index is 0.0796. The van der Waals surface area contributed by atoms with Crippen molar-refractivity contribution in [2.45, 2.75) is 6.92 Å². The summed E-state index contributed by atoms with van der Waals surface area (Å²) < 4.78 is 11.4. The van der Waals surface area contributed by atoms with E-state index in [9.17, 15) is 10.1 Å². The molecule has 0 aliphatic heterocycles. The van der Waals surface area contributed by atoms with Gasteiger partial charge in [0.1, 0.15) is 0 Å². The van der Waals surface area contributed by atoms with Crippen molar-refractivity contribution in [3.05, 3.63) is 50.6 Å². The zero-order valence-electron chi connectivity index (χ0n) is 10.8. The number of pyridine rings is 1. The molecule has 0 aliphatic carbocycles. The minimum atomic E-state index is -0.496. The lowest BCUT2D eigenvalue weighted by atomic mass is 10.3. The van der Waals surface area contributed by atoms with Crippen molar-refractivity contribution in [2.75, 3.05) is 7.11 Å². The molecule has 7 heteroatoms. The van der Waals surface area contributed by atoms with Crippen molar-refractivity contribution in [1.29, 1.82) is 0 Å². The van der Waals surface area contributed by atoms with Gasteiger partial charge in [-0.25, -0.2) is 4.98 Å². The standard InChI is InChI=1S/C13H11BrN2O4/c1-8-5-10(14)13(15-7-8)20-12-6-9(16(17)18)3-4-11(12)19-2/h3-7H,1-2H3. The predicted molar refractivity (Wildman–Crippen MR) is 76.4 cm³/mol. The first-order valence-corrected chi connectivity index (χ1v) is 6.43. The highest BCUT2D eigenvalue weighted by molar-refractivity contribution is 9.10. The molecule has 2 aromatic rings. The summed E-state index contributed by atoms with van der Waals surface area (Å²) in [6.07, 6.45) is 1.64. The molecule has 2 rings (SSSR count). The summed E-state index contributed by atoms with van der Waals surface area (Å²) in [5.41, 5.74) is 0.888. The fraction of sp³-hybridized carbons (Fsp3) is 0.154. The van der Waals surface area contributed by atoms with E-state index in [2.05, 4.69) is 20.9 Å². The highest BCUT2D eigenvalue weighted by Gasteiger charge is 2.15. The van der Waals surface area contributed by atoms with Crippen LogP contribution >= 0.6 is 15.9 Å². The molecule has 6 nitrogen and oxygen atoms in total. The molecule has 20 heavy (non-hydrogen) atoms. The van der Waals surface area contributed by atoms with Gasteiger partial charge in [-0.3, -0.25) is 10.1 Å². The van der Waals surface area contributed by atoms with E-state index in [1.165, 1.54) is 25.3 Å². The molecule has 0 saturated carbocycles. The number of methoxy groups -OCH3 is 1. The largest absolute Gasteiger partial charge is 0.493 e. The lowest BCUT2D eigenvalue weighted by molar-refractivity contribution is -0.384. The Morgan fingerprint density at radius 2 is 2.05 bits per heavy atom. The number of nitrogens with zero attached hydrogens (tertiary/aromatic N) is 2. The molecule has 0 bridgehead atoms. The maximum absolute atomic E-state index is 10.8. The predicted octanol–water partition coefficient (Wildman–Crippen LogP) is 3.86. The van der Waals surface area contributed by atoms with Crippen molar-refractivity contribution in [3.8, 4) is 17.4 Å². The average Bonchev–Trinajstić information content (AvgIpc) is 2.41. The summed E-state index contributed by atoms with van der Waals surface area (Å²) in [4.78, 5) is 14.4. The van der Waals surface area contributed by atoms with E-state index in [0.717, 1.165) is 5.56 Å². The van der Waals surface area contributed by atoms with Gasteiger partial charge in [0.15, 0.2) is 11.5 Å². The molecule has 1 heterocycles. The van der Waals surface area contributed by atoms with Crippen molar-refractivity contribution >= 4 is 21.6 Å². The number of aryl methyl sites for hydroxylation is 1. The van der Waals surface area contributed by atoms with Gasteiger partial charge in [-0.05, 0) is 40.5 Å². The Morgan fingerprint density at radius 3 is 2.65 bits per heavy atom. The molecule has 1 aromatic heterocycles. The van der Waals surface area contributed by atoms with Gasteiger partial charge in [0.05, 0.1) is 22.6 Å². The molecule has 0 saturated heterocycles. The van der Waals surface area contributed by atoms with Crippen LogP contribution < -0.4 is 9.47 Å². The molecule has 0 unspecified atom stereocenters. The van der Waals surface area contributed by atoms with E-state index >= 15 is 0 Å². The second-order valence-corrected chi connectivity index (χ2v) is 4.85. The van der Waals surface area contributed by atoms with Gasteiger partial charge in [0.25, 0.3) is 5.69 Å². The van der Waals surface area contributed by atoms with E-state index in [4.69, 9.17) is 9.47 Å². The van der Waals surface area contributed by atoms with Crippen LogP contribution in [0.2, 0.25) is 0 Å². The number of aromatic nitrogens is 1. The normalized spacial score (nSPS) is 10.2. The van der Waals surface area contributed by atoms with Crippen molar-refractivity contribution in [2.24, 2.45) is 0 Å². The third kappa shape index (κ3) is 3.05. The first kappa shape index (κ1) is 14.3. The minimum Gasteiger partial charge on any atom is -0.493 e. The van der Waals surface area contributed by atoms with Crippen LogP contribution in [-0.2, 0) is 0 Å². The van der Waals surface area contributed by atoms with Gasteiger partial charge in [-0.1, -0.05) is 0 Å². The zero-order valence-corrected chi connectivity index (χ0v) is 12.4. The van der Waals surface area contributed by atoms with E-state index in [1.807, 2.05) is 13.0 Å². The van der Waals surface area contributed by atoms with Gasteiger partial charge in [-0.2, -0.15) is 0 Å². The van der Waals surface area contributed by atoms with E-state index in [-0.39, 0.29) is 11.4 Å². The average molecular weight is 339 g/mol. The number of hydrogen-bond acceptors (Lipinski definition) is 5. The van der Waals surface area contributed by atoms with Crippen molar-refractivity contribution in [1.82, 2.24) is 4.98 Å². The number of nitro groups is 1. The van der Waals surface area contributed by atoms with E-state index < -0.39 is 4.92 Å². The van der Waals surface area contributed by atoms with Crippen LogP contribution in [0.3, 0.4) is 0 Å². The number of non-ortho nitro benzene ring substituents is 1. The first-order chi connectivity index (χ1) is 9.51.